The summed E-state index contributed by atoms with van der Waals surface area (Å²) in [5.74, 6) is 0. The Hall–Kier alpha value is -2.26. The van der Waals surface area contributed by atoms with E-state index in [9.17, 15) is 0 Å². The summed E-state index contributed by atoms with van der Waals surface area (Å²) in [6.45, 7) is 16.4. The Balaban J connectivity index is 0.00000468. The molecular formula is C42H63Cl3N6SiTi. The molecule has 0 spiro atoms. The molecule has 3 aromatic rings. The van der Waals surface area contributed by atoms with Crippen molar-refractivity contribution in [2.24, 2.45) is 0 Å². The van der Waals surface area contributed by atoms with E-state index in [1.807, 2.05) is 0 Å². The molecule has 0 aromatic heterocycles. The van der Waals surface area contributed by atoms with Gasteiger partial charge in [-0.25, -0.2) is 0 Å². The first-order valence-corrected chi connectivity index (χ1v) is 20.5. The zero-order valence-electron chi connectivity index (χ0n) is 35.8. The van der Waals surface area contributed by atoms with Gasteiger partial charge in [-0.3, -0.25) is 0 Å². The van der Waals surface area contributed by atoms with Gasteiger partial charge in [-0.05, 0) is 0 Å². The monoisotopic (exact) mass is 832 g/mol. The van der Waals surface area contributed by atoms with Gasteiger partial charge in [0, 0.05) is 0 Å². The Bertz CT molecular complexity index is 1600. The van der Waals surface area contributed by atoms with Crippen LogP contribution in [0.5, 0.6) is 0 Å². The van der Waals surface area contributed by atoms with E-state index in [0.717, 1.165) is 0 Å². The average molecular weight is 834 g/mol. The molecule has 53 heavy (non-hydrogen) atoms. The molecule has 0 aliphatic heterocycles. The smallest absolute Gasteiger partial charge is 1.00 e. The number of nitrogens with zero attached hydrogens (tertiary/aromatic N) is 6. The molecule has 0 amide bonds. The quantitative estimate of drug-likeness (QED) is 0.164. The maximum atomic E-state index is 2.59. The van der Waals surface area contributed by atoms with Crippen LogP contribution < -0.4 is 82.2 Å². The molecule has 1 aliphatic rings. The molecule has 0 unspecified atom stereocenters. The van der Waals surface area contributed by atoms with Crippen LogP contribution in [0.3, 0.4) is 0 Å². The van der Waals surface area contributed by atoms with Gasteiger partial charge in [0.1, 0.15) is 0 Å². The molecule has 290 valence electrons. The molecule has 3 aromatic carbocycles. The Morgan fingerprint density at radius 2 is 0.547 bits per heavy atom. The Labute approximate surface area is 354 Å². The van der Waals surface area contributed by atoms with Crippen LogP contribution in [0.4, 0.5) is 34.1 Å². The number of halogens is 3. The third kappa shape index (κ3) is 7.78. The van der Waals surface area contributed by atoms with Crippen molar-refractivity contribution >= 4 is 57.8 Å². The second-order valence-corrected chi connectivity index (χ2v) is 21.7. The van der Waals surface area contributed by atoms with E-state index in [0.29, 0.717) is 0 Å². The summed E-state index contributed by atoms with van der Waals surface area (Å²) in [5.41, 5.74) is 17.3. The molecule has 4 rings (SSSR count). The molecule has 0 N–H and O–H groups in total. The molecule has 1 aliphatic carbocycles. The first-order chi connectivity index (χ1) is 23.1. The summed E-state index contributed by atoms with van der Waals surface area (Å²) < 4.78 is -0.269. The summed E-state index contributed by atoms with van der Waals surface area (Å²) >= 11 is 2.59. The Morgan fingerprint density at radius 1 is 0.377 bits per heavy atom. The number of allylic oxidation sites excluding steroid dienone is 4. The van der Waals surface area contributed by atoms with Gasteiger partial charge >= 0.3 is 319 Å². The van der Waals surface area contributed by atoms with E-state index >= 15 is 0 Å². The van der Waals surface area contributed by atoms with Gasteiger partial charge < -0.3 is 37.2 Å². The van der Waals surface area contributed by atoms with E-state index in [-0.39, 0.29) is 40.6 Å². The van der Waals surface area contributed by atoms with E-state index in [1.54, 1.807) is 0 Å². The van der Waals surface area contributed by atoms with Gasteiger partial charge in [0.25, 0.3) is 0 Å². The van der Waals surface area contributed by atoms with Gasteiger partial charge in [-0.15, -0.1) is 0 Å². The maximum Gasteiger partial charge on any atom is -1.00 e. The van der Waals surface area contributed by atoms with Gasteiger partial charge in [0.15, 0.2) is 0 Å². The summed E-state index contributed by atoms with van der Waals surface area (Å²) in [6, 6.07) is 15.3. The fourth-order valence-electron chi connectivity index (χ4n) is 8.61. The average Bonchev–Trinajstić information content (AvgIpc) is 3.17. The second-order valence-electron chi connectivity index (χ2n) is 15.8. The number of hydrogen-bond donors (Lipinski definition) is 0. The van der Waals surface area contributed by atoms with Gasteiger partial charge in [-0.1, -0.05) is 0 Å². The molecular weight excluding hydrogens is 771 g/mol. The summed E-state index contributed by atoms with van der Waals surface area (Å²) in [6.07, 6.45) is 0. The van der Waals surface area contributed by atoms with Crippen LogP contribution in [0.2, 0.25) is 3.34 Å². The summed E-state index contributed by atoms with van der Waals surface area (Å²) in [7, 11) is 23.2. The second kappa shape index (κ2) is 17.7. The van der Waals surface area contributed by atoms with Crippen LogP contribution in [-0.2, 0) is 20.4 Å². The minimum absolute atomic E-state index is 0. The summed E-state index contributed by atoms with van der Waals surface area (Å²) in [4.78, 5) is 13.8. The SMILES string of the molecule is CC1=C(C)[C]([Ti+3])([Si](c2cc(N(C)C)c(C)c(N(C)C)c2)(c2cc(N(C)C)c(C)c(N(C)C)c2)c2cc(N(C)C)c(C)c(N(C)C)c2)C(C)=C1C.[Cl-].[Cl-].[Cl-]. The summed E-state index contributed by atoms with van der Waals surface area (Å²) in [5, 5.41) is 4.28. The molecule has 0 radical (unpaired) electrons. The topological polar surface area (TPSA) is 19.4 Å². The van der Waals surface area contributed by atoms with Gasteiger partial charge in [-0.2, -0.15) is 0 Å². The molecule has 0 bridgehead atoms. The standard InChI is InChI=1S/C42H63N6Si.3ClH.Ti/c1-26-27(2)29(4)42(28(26)3)49(33-20-36(43(8)9)30(5)37(21-33)44(10)11,34-22-38(45(12)13)31(6)39(23-34)46(14)15)35-24-40(47(16)17)32(7)41(25-35)48(18)19;;;;/h20-25H,1-19H3;3*1H;/q;;;;+3/p-3. The molecule has 6 nitrogen and oxygen atoms in total. The maximum absolute atomic E-state index is 3.13. The molecule has 11 heteroatoms. The van der Waals surface area contributed by atoms with E-state index in [1.165, 1.54) is 88.7 Å². The van der Waals surface area contributed by atoms with E-state index in [2.05, 4.69) is 219 Å². The Morgan fingerprint density at radius 3 is 0.698 bits per heavy atom. The zero-order chi connectivity index (χ0) is 37.9. The first kappa shape index (κ1) is 48.8. The van der Waals surface area contributed by atoms with E-state index < -0.39 is 8.07 Å². The molecule has 0 saturated carbocycles. The van der Waals surface area contributed by atoms with Crippen LogP contribution >= 0.6 is 0 Å². The number of rotatable bonds is 10. The Kier molecular flexibility index (Phi) is 16.3. The normalized spacial score (nSPS) is 13.6. The third-order valence-electron chi connectivity index (χ3n) is 11.6. The van der Waals surface area contributed by atoms with Crippen molar-refractivity contribution in [3.63, 3.8) is 0 Å². The molecule has 0 saturated heterocycles. The zero-order valence-corrected chi connectivity index (χ0v) is 40.6. The minimum Gasteiger partial charge on any atom is -1.00 e. The van der Waals surface area contributed by atoms with Crippen LogP contribution in [-0.4, -0.2) is 92.6 Å². The van der Waals surface area contributed by atoms with Gasteiger partial charge in [0.2, 0.25) is 0 Å². The fourth-order valence-corrected chi connectivity index (χ4v) is 17.1. The molecule has 0 atom stereocenters. The van der Waals surface area contributed by atoms with Crippen molar-refractivity contribution < 1.29 is 57.7 Å². The molecule has 0 fully saturated rings. The van der Waals surface area contributed by atoms with Crippen molar-refractivity contribution in [2.45, 2.75) is 51.8 Å². The van der Waals surface area contributed by atoms with Crippen LogP contribution in [0.1, 0.15) is 44.4 Å². The first-order valence-electron chi connectivity index (χ1n) is 17.7. The van der Waals surface area contributed by atoms with Gasteiger partial charge in [0.05, 0.1) is 0 Å². The fraction of sp³-hybridized carbons (Fsp3) is 0.476. The van der Waals surface area contributed by atoms with E-state index in [4.69, 9.17) is 0 Å². The van der Waals surface area contributed by atoms with Crippen LogP contribution in [0.15, 0.2) is 58.7 Å². The largest absolute Gasteiger partial charge is 1.00 e. The predicted octanol–water partition coefficient (Wildman–Crippen LogP) is -2.58. The van der Waals surface area contributed by atoms with Crippen molar-refractivity contribution in [3.05, 3.63) is 75.4 Å². The van der Waals surface area contributed by atoms with Crippen molar-refractivity contribution in [2.75, 3.05) is 114 Å². The van der Waals surface area contributed by atoms with Crippen LogP contribution in [0, 0.1) is 20.8 Å². The molecule has 0 heterocycles. The van der Waals surface area contributed by atoms with Crippen molar-refractivity contribution in [1.29, 1.82) is 0 Å². The third-order valence-corrected chi connectivity index (χ3v) is 19.9. The minimum atomic E-state index is -3.13. The number of hydrogen-bond acceptors (Lipinski definition) is 6. The van der Waals surface area contributed by atoms with Crippen molar-refractivity contribution in [1.82, 2.24) is 0 Å². The van der Waals surface area contributed by atoms with Crippen LogP contribution in [0.25, 0.3) is 0 Å². The number of anilines is 6. The number of benzene rings is 3. The van der Waals surface area contributed by atoms with Crippen molar-refractivity contribution in [3.8, 4) is 0 Å². The predicted molar refractivity (Wildman–Crippen MR) is 224 cm³/mol.